The lowest BCUT2D eigenvalue weighted by Gasteiger charge is -2.32. The maximum atomic E-state index is 6.03. The van der Waals surface area contributed by atoms with Gasteiger partial charge in [0.1, 0.15) is 30.0 Å². The van der Waals surface area contributed by atoms with Gasteiger partial charge >= 0.3 is 0 Å². The predicted molar refractivity (Wildman–Crippen MR) is 95.0 cm³/mol. The van der Waals surface area contributed by atoms with E-state index in [9.17, 15) is 0 Å². The Bertz CT molecular complexity index is 609. The zero-order valence-corrected chi connectivity index (χ0v) is 14.2. The van der Waals surface area contributed by atoms with Crippen LogP contribution >= 0.6 is 0 Å². The van der Waals surface area contributed by atoms with Gasteiger partial charge in [0.25, 0.3) is 0 Å². The molecule has 0 unspecified atom stereocenters. The van der Waals surface area contributed by atoms with Gasteiger partial charge in [-0.25, -0.2) is 0 Å². The second-order valence-corrected chi connectivity index (χ2v) is 6.00. The third kappa shape index (κ3) is 4.90. The summed E-state index contributed by atoms with van der Waals surface area (Å²) in [6.45, 7) is 3.74. The van der Waals surface area contributed by atoms with Crippen molar-refractivity contribution in [1.29, 1.82) is 0 Å². The van der Waals surface area contributed by atoms with Crippen LogP contribution in [0, 0.1) is 0 Å². The molecule has 4 nitrogen and oxygen atoms in total. The number of benzene rings is 2. The Morgan fingerprint density at radius 2 is 1.62 bits per heavy atom. The van der Waals surface area contributed by atoms with Crippen molar-refractivity contribution in [3.8, 4) is 17.2 Å². The van der Waals surface area contributed by atoms with Crippen LogP contribution in [0.4, 0.5) is 0 Å². The molecule has 1 aliphatic heterocycles. The van der Waals surface area contributed by atoms with Gasteiger partial charge in [-0.3, -0.25) is 4.90 Å². The van der Waals surface area contributed by atoms with Crippen molar-refractivity contribution in [3.63, 3.8) is 0 Å². The second kappa shape index (κ2) is 8.60. The van der Waals surface area contributed by atoms with Gasteiger partial charge in [0.05, 0.1) is 7.11 Å². The summed E-state index contributed by atoms with van der Waals surface area (Å²) in [5, 5.41) is 0. The molecule has 0 aromatic heterocycles. The van der Waals surface area contributed by atoms with Crippen LogP contribution in [-0.2, 0) is 0 Å². The number of ether oxygens (including phenoxy) is 3. The lowest BCUT2D eigenvalue weighted by atomic mass is 10.1. The van der Waals surface area contributed by atoms with E-state index >= 15 is 0 Å². The third-order valence-electron chi connectivity index (χ3n) is 4.30. The first-order chi connectivity index (χ1) is 11.8. The van der Waals surface area contributed by atoms with Gasteiger partial charge in [0.15, 0.2) is 0 Å². The molecule has 24 heavy (non-hydrogen) atoms. The van der Waals surface area contributed by atoms with Crippen LogP contribution in [0.2, 0.25) is 0 Å². The van der Waals surface area contributed by atoms with Crippen LogP contribution in [-0.4, -0.2) is 44.4 Å². The smallest absolute Gasteiger partial charge is 0.123 e. The largest absolute Gasteiger partial charge is 0.497 e. The molecule has 3 rings (SSSR count). The Morgan fingerprint density at radius 1 is 0.917 bits per heavy atom. The van der Waals surface area contributed by atoms with Crippen molar-refractivity contribution in [2.75, 3.05) is 33.4 Å². The number of para-hydroxylation sites is 1. The Morgan fingerprint density at radius 3 is 2.38 bits per heavy atom. The maximum absolute atomic E-state index is 6.03. The summed E-state index contributed by atoms with van der Waals surface area (Å²) < 4.78 is 17.1. The van der Waals surface area contributed by atoms with Gasteiger partial charge in [-0.2, -0.15) is 0 Å². The second-order valence-electron chi connectivity index (χ2n) is 6.00. The first-order valence-electron chi connectivity index (χ1n) is 8.54. The van der Waals surface area contributed by atoms with Gasteiger partial charge < -0.3 is 14.2 Å². The van der Waals surface area contributed by atoms with E-state index in [0.717, 1.165) is 49.7 Å². The minimum absolute atomic E-state index is 0.322. The van der Waals surface area contributed by atoms with Crippen molar-refractivity contribution in [3.05, 3.63) is 54.6 Å². The van der Waals surface area contributed by atoms with E-state index in [1.165, 1.54) is 0 Å². The van der Waals surface area contributed by atoms with E-state index in [1.807, 2.05) is 54.6 Å². The predicted octanol–water partition coefficient (Wildman–Crippen LogP) is 3.62. The van der Waals surface area contributed by atoms with E-state index in [1.54, 1.807) is 7.11 Å². The molecule has 0 atom stereocenters. The fraction of sp³-hybridized carbons (Fsp3) is 0.400. The van der Waals surface area contributed by atoms with Crippen LogP contribution in [0.5, 0.6) is 17.2 Å². The van der Waals surface area contributed by atoms with Crippen molar-refractivity contribution in [2.45, 2.75) is 18.9 Å². The highest BCUT2D eigenvalue weighted by Gasteiger charge is 2.20. The average molecular weight is 327 g/mol. The van der Waals surface area contributed by atoms with Gasteiger partial charge in [-0.05, 0) is 37.1 Å². The zero-order chi connectivity index (χ0) is 16.6. The molecule has 0 bridgehead atoms. The molecule has 0 saturated carbocycles. The Balaban J connectivity index is 1.36. The Labute approximate surface area is 144 Å². The molecular weight excluding hydrogens is 302 g/mol. The van der Waals surface area contributed by atoms with Crippen molar-refractivity contribution in [2.24, 2.45) is 0 Å². The van der Waals surface area contributed by atoms with Crippen LogP contribution in [0.1, 0.15) is 12.8 Å². The Hall–Kier alpha value is -2.20. The van der Waals surface area contributed by atoms with Gasteiger partial charge in [-0.15, -0.1) is 0 Å². The molecule has 0 radical (unpaired) electrons. The standard InChI is InChI=1S/C20H25NO3/c1-22-19-8-5-9-20(16-19)23-15-14-21-12-10-18(11-13-21)24-17-6-3-2-4-7-17/h2-9,16,18H,10-15H2,1H3. The fourth-order valence-electron chi connectivity index (χ4n) is 2.93. The molecule has 2 aromatic carbocycles. The number of nitrogens with zero attached hydrogens (tertiary/aromatic N) is 1. The molecule has 0 spiro atoms. The minimum Gasteiger partial charge on any atom is -0.497 e. The Kier molecular flexibility index (Phi) is 5.96. The van der Waals surface area contributed by atoms with Gasteiger partial charge in [-0.1, -0.05) is 24.3 Å². The van der Waals surface area contributed by atoms with Gasteiger partial charge in [0, 0.05) is 25.7 Å². The zero-order valence-electron chi connectivity index (χ0n) is 14.2. The highest BCUT2D eigenvalue weighted by Crippen LogP contribution is 2.20. The minimum atomic E-state index is 0.322. The van der Waals surface area contributed by atoms with Crippen LogP contribution < -0.4 is 14.2 Å². The van der Waals surface area contributed by atoms with Crippen molar-refractivity contribution >= 4 is 0 Å². The first kappa shape index (κ1) is 16.7. The molecule has 1 heterocycles. The summed E-state index contributed by atoms with van der Waals surface area (Å²) >= 11 is 0. The molecule has 2 aromatic rings. The van der Waals surface area contributed by atoms with E-state index in [-0.39, 0.29) is 0 Å². The molecule has 1 aliphatic rings. The lowest BCUT2D eigenvalue weighted by molar-refractivity contribution is 0.0915. The number of piperidine rings is 1. The fourth-order valence-corrected chi connectivity index (χ4v) is 2.93. The molecule has 1 fully saturated rings. The summed E-state index contributed by atoms with van der Waals surface area (Å²) in [4.78, 5) is 2.44. The summed E-state index contributed by atoms with van der Waals surface area (Å²) in [5.74, 6) is 2.65. The maximum Gasteiger partial charge on any atom is 0.123 e. The summed E-state index contributed by atoms with van der Waals surface area (Å²) in [7, 11) is 1.67. The van der Waals surface area contributed by atoms with E-state index in [2.05, 4.69) is 4.90 Å². The summed E-state index contributed by atoms with van der Waals surface area (Å²) in [6.07, 6.45) is 2.45. The average Bonchev–Trinajstić information content (AvgIpc) is 2.64. The topological polar surface area (TPSA) is 30.9 Å². The molecule has 4 heteroatoms. The third-order valence-corrected chi connectivity index (χ3v) is 4.30. The highest BCUT2D eigenvalue weighted by atomic mass is 16.5. The summed E-state index contributed by atoms with van der Waals surface area (Å²) in [5.41, 5.74) is 0. The van der Waals surface area contributed by atoms with Crippen LogP contribution in [0.3, 0.4) is 0 Å². The number of hydrogen-bond donors (Lipinski definition) is 0. The van der Waals surface area contributed by atoms with Crippen LogP contribution in [0.15, 0.2) is 54.6 Å². The molecule has 0 N–H and O–H groups in total. The van der Waals surface area contributed by atoms with Crippen LogP contribution in [0.25, 0.3) is 0 Å². The SMILES string of the molecule is COc1cccc(OCCN2CCC(Oc3ccccc3)CC2)c1. The number of methoxy groups -OCH3 is 1. The molecule has 0 aliphatic carbocycles. The number of rotatable bonds is 7. The number of likely N-dealkylation sites (tertiary alicyclic amines) is 1. The highest BCUT2D eigenvalue weighted by molar-refractivity contribution is 5.32. The molecule has 1 saturated heterocycles. The van der Waals surface area contributed by atoms with E-state index < -0.39 is 0 Å². The van der Waals surface area contributed by atoms with Gasteiger partial charge in [0.2, 0.25) is 0 Å². The molecule has 128 valence electrons. The molecular formula is C20H25NO3. The first-order valence-corrected chi connectivity index (χ1v) is 8.54. The van der Waals surface area contributed by atoms with Crippen molar-refractivity contribution < 1.29 is 14.2 Å². The molecule has 0 amide bonds. The van der Waals surface area contributed by atoms with E-state index in [4.69, 9.17) is 14.2 Å². The normalized spacial score (nSPS) is 15.9. The quantitative estimate of drug-likeness (QED) is 0.777. The van der Waals surface area contributed by atoms with Crippen molar-refractivity contribution in [1.82, 2.24) is 4.90 Å². The summed E-state index contributed by atoms with van der Waals surface area (Å²) in [6, 6.07) is 17.8. The lowest BCUT2D eigenvalue weighted by Crippen LogP contribution is -2.40. The number of hydrogen-bond acceptors (Lipinski definition) is 4. The van der Waals surface area contributed by atoms with E-state index in [0.29, 0.717) is 12.7 Å². The monoisotopic (exact) mass is 327 g/mol.